The first-order valence-electron chi connectivity index (χ1n) is 5.32. The van der Waals surface area contributed by atoms with E-state index in [1.54, 1.807) is 0 Å². The van der Waals surface area contributed by atoms with Crippen LogP contribution >= 0.6 is 0 Å². The fraction of sp³-hybridized carbons (Fsp3) is 0.417. The molecule has 0 bridgehead atoms. The zero-order valence-electron chi connectivity index (χ0n) is 9.62. The van der Waals surface area contributed by atoms with E-state index in [1.165, 1.54) is 0 Å². The maximum Gasteiger partial charge on any atom is 0.404 e. The molecule has 0 saturated heterocycles. The van der Waals surface area contributed by atoms with Crippen molar-refractivity contribution in [2.24, 2.45) is 0 Å². The maximum atomic E-state index is 10.3. The molecule has 16 heavy (non-hydrogen) atoms. The van der Waals surface area contributed by atoms with Crippen LogP contribution in [0.5, 0.6) is 5.75 Å². The van der Waals surface area contributed by atoms with Gasteiger partial charge in [-0.25, -0.2) is 4.79 Å². The molecule has 1 rings (SSSR count). The molecule has 0 radical (unpaired) electrons. The summed E-state index contributed by atoms with van der Waals surface area (Å²) in [5.74, 6) is 0.887. The predicted octanol–water partition coefficient (Wildman–Crippen LogP) is 2.20. The lowest BCUT2D eigenvalue weighted by Gasteiger charge is -2.09. The Morgan fingerprint density at radius 3 is 2.81 bits per heavy atom. The number of carbonyl (C=O) groups is 1. The minimum absolute atomic E-state index is 0.433. The highest BCUT2D eigenvalue weighted by Gasteiger charge is 2.01. The molecule has 88 valence electrons. The Balaban J connectivity index is 2.55. The zero-order chi connectivity index (χ0) is 12.0. The summed E-state index contributed by atoms with van der Waals surface area (Å²) in [6.45, 7) is 5.02. The van der Waals surface area contributed by atoms with Gasteiger partial charge in [0.25, 0.3) is 0 Å². The van der Waals surface area contributed by atoms with Crippen LogP contribution in [0.4, 0.5) is 4.79 Å². The van der Waals surface area contributed by atoms with Crippen molar-refractivity contribution in [2.45, 2.75) is 20.3 Å². The van der Waals surface area contributed by atoms with Crippen LogP contribution in [0.1, 0.15) is 18.1 Å². The van der Waals surface area contributed by atoms with Crippen molar-refractivity contribution < 1.29 is 14.6 Å². The number of rotatable bonds is 5. The molecule has 1 aromatic rings. The van der Waals surface area contributed by atoms with Crippen LogP contribution in [-0.2, 0) is 6.42 Å². The molecule has 0 aliphatic carbocycles. The van der Waals surface area contributed by atoms with Gasteiger partial charge in [0.05, 0.1) is 6.61 Å². The summed E-state index contributed by atoms with van der Waals surface area (Å²) in [5, 5.41) is 10.8. The average Bonchev–Trinajstić information content (AvgIpc) is 2.21. The van der Waals surface area contributed by atoms with E-state index in [0.29, 0.717) is 19.6 Å². The molecule has 0 fully saturated rings. The molecule has 4 nitrogen and oxygen atoms in total. The zero-order valence-corrected chi connectivity index (χ0v) is 9.62. The fourth-order valence-corrected chi connectivity index (χ4v) is 1.50. The largest absolute Gasteiger partial charge is 0.494 e. The Bertz CT molecular complexity index is 363. The summed E-state index contributed by atoms with van der Waals surface area (Å²) < 4.78 is 5.42. The van der Waals surface area contributed by atoms with Gasteiger partial charge in [0.15, 0.2) is 0 Å². The maximum absolute atomic E-state index is 10.3. The number of aryl methyl sites for hydroxylation is 1. The van der Waals surface area contributed by atoms with Crippen molar-refractivity contribution in [1.29, 1.82) is 0 Å². The Morgan fingerprint density at radius 2 is 2.25 bits per heavy atom. The summed E-state index contributed by atoms with van der Waals surface area (Å²) >= 11 is 0. The van der Waals surface area contributed by atoms with Gasteiger partial charge >= 0.3 is 6.09 Å². The molecular formula is C12H17NO3. The second-order valence-corrected chi connectivity index (χ2v) is 3.51. The third-order valence-corrected chi connectivity index (χ3v) is 2.23. The van der Waals surface area contributed by atoms with Crippen LogP contribution in [0.15, 0.2) is 18.2 Å². The Morgan fingerprint density at radius 1 is 1.50 bits per heavy atom. The second-order valence-electron chi connectivity index (χ2n) is 3.51. The van der Waals surface area contributed by atoms with Crippen molar-refractivity contribution in [1.82, 2.24) is 5.32 Å². The van der Waals surface area contributed by atoms with Gasteiger partial charge in [-0.05, 0) is 37.5 Å². The van der Waals surface area contributed by atoms with E-state index in [0.717, 1.165) is 16.9 Å². The Labute approximate surface area is 95.2 Å². The SMILES string of the molecule is CCOc1ccc(CCNC(=O)O)cc1C. The van der Waals surface area contributed by atoms with Crippen molar-refractivity contribution in [3.8, 4) is 5.75 Å². The average molecular weight is 223 g/mol. The van der Waals surface area contributed by atoms with Crippen LogP contribution < -0.4 is 10.1 Å². The molecule has 0 atom stereocenters. The first kappa shape index (κ1) is 12.4. The van der Waals surface area contributed by atoms with E-state index >= 15 is 0 Å². The summed E-state index contributed by atoms with van der Waals surface area (Å²) in [6.07, 6.45) is -0.290. The van der Waals surface area contributed by atoms with Crippen LogP contribution in [0.3, 0.4) is 0 Å². The van der Waals surface area contributed by atoms with E-state index in [9.17, 15) is 4.79 Å². The third kappa shape index (κ3) is 3.81. The van der Waals surface area contributed by atoms with Gasteiger partial charge in [-0.2, -0.15) is 0 Å². The number of hydrogen-bond donors (Lipinski definition) is 2. The molecule has 0 aliphatic rings. The molecule has 4 heteroatoms. The molecule has 0 spiro atoms. The van der Waals surface area contributed by atoms with Crippen molar-refractivity contribution in [2.75, 3.05) is 13.2 Å². The second kappa shape index (κ2) is 6.00. The Kier molecular flexibility index (Phi) is 4.64. The van der Waals surface area contributed by atoms with Crippen LogP contribution in [-0.4, -0.2) is 24.4 Å². The highest BCUT2D eigenvalue weighted by molar-refractivity contribution is 5.64. The van der Waals surface area contributed by atoms with Gasteiger partial charge in [0, 0.05) is 6.54 Å². The highest BCUT2D eigenvalue weighted by atomic mass is 16.5. The summed E-state index contributed by atoms with van der Waals surface area (Å²) in [4.78, 5) is 10.3. The number of amides is 1. The minimum Gasteiger partial charge on any atom is -0.494 e. The van der Waals surface area contributed by atoms with E-state index in [2.05, 4.69) is 5.32 Å². The number of nitrogens with one attached hydrogen (secondary N) is 1. The van der Waals surface area contributed by atoms with E-state index in [1.807, 2.05) is 32.0 Å². The predicted molar refractivity (Wildman–Crippen MR) is 62.1 cm³/mol. The number of carboxylic acid groups (broad SMARTS) is 1. The monoisotopic (exact) mass is 223 g/mol. The lowest BCUT2D eigenvalue weighted by molar-refractivity contribution is 0.194. The minimum atomic E-state index is -0.984. The van der Waals surface area contributed by atoms with Crippen molar-refractivity contribution in [3.05, 3.63) is 29.3 Å². The molecule has 0 saturated carbocycles. The smallest absolute Gasteiger partial charge is 0.404 e. The quantitative estimate of drug-likeness (QED) is 0.804. The van der Waals surface area contributed by atoms with E-state index < -0.39 is 6.09 Å². The number of ether oxygens (including phenoxy) is 1. The molecule has 1 aromatic carbocycles. The van der Waals surface area contributed by atoms with E-state index in [4.69, 9.17) is 9.84 Å². The standard InChI is InChI=1S/C12H17NO3/c1-3-16-11-5-4-10(8-9(11)2)6-7-13-12(14)15/h4-5,8,13H,3,6-7H2,1-2H3,(H,14,15). The van der Waals surface area contributed by atoms with Gasteiger partial charge in [-0.3, -0.25) is 0 Å². The molecule has 1 amide bonds. The van der Waals surface area contributed by atoms with Crippen LogP contribution in [0.25, 0.3) is 0 Å². The number of hydrogen-bond acceptors (Lipinski definition) is 2. The number of benzene rings is 1. The van der Waals surface area contributed by atoms with Gasteiger partial charge in [-0.1, -0.05) is 12.1 Å². The fourth-order valence-electron chi connectivity index (χ4n) is 1.50. The van der Waals surface area contributed by atoms with Gasteiger partial charge < -0.3 is 15.2 Å². The molecule has 0 aliphatic heterocycles. The first-order valence-corrected chi connectivity index (χ1v) is 5.32. The summed E-state index contributed by atoms with van der Waals surface area (Å²) in [5.41, 5.74) is 2.18. The third-order valence-electron chi connectivity index (χ3n) is 2.23. The summed E-state index contributed by atoms with van der Waals surface area (Å²) in [7, 11) is 0. The lowest BCUT2D eigenvalue weighted by atomic mass is 10.1. The van der Waals surface area contributed by atoms with E-state index in [-0.39, 0.29) is 0 Å². The summed E-state index contributed by atoms with van der Waals surface area (Å²) in [6, 6.07) is 5.91. The molecule has 0 heterocycles. The molecule has 0 aromatic heterocycles. The van der Waals surface area contributed by atoms with Gasteiger partial charge in [0.2, 0.25) is 0 Å². The topological polar surface area (TPSA) is 58.6 Å². The van der Waals surface area contributed by atoms with Crippen molar-refractivity contribution in [3.63, 3.8) is 0 Å². The highest BCUT2D eigenvalue weighted by Crippen LogP contribution is 2.19. The van der Waals surface area contributed by atoms with Gasteiger partial charge in [-0.15, -0.1) is 0 Å². The lowest BCUT2D eigenvalue weighted by Crippen LogP contribution is -2.23. The molecule has 2 N–H and O–H groups in total. The Hall–Kier alpha value is -1.71. The first-order chi connectivity index (χ1) is 7.63. The van der Waals surface area contributed by atoms with Crippen LogP contribution in [0, 0.1) is 6.92 Å². The molecule has 0 unspecified atom stereocenters. The van der Waals surface area contributed by atoms with Crippen molar-refractivity contribution >= 4 is 6.09 Å². The molecular weight excluding hydrogens is 206 g/mol. The normalized spacial score (nSPS) is 9.88. The van der Waals surface area contributed by atoms with Crippen LogP contribution in [0.2, 0.25) is 0 Å². The van der Waals surface area contributed by atoms with Gasteiger partial charge in [0.1, 0.15) is 5.75 Å².